The third-order valence-corrected chi connectivity index (χ3v) is 6.30. The van der Waals surface area contributed by atoms with Gasteiger partial charge in [-0.25, -0.2) is 0 Å². The average Bonchev–Trinajstić information content (AvgIpc) is 2.55. The Labute approximate surface area is 132 Å². The molecular weight excluding hydrogens is 256 g/mol. The molecule has 0 bridgehead atoms. The minimum Gasteiger partial charge on any atom is -0.303 e. The summed E-state index contributed by atoms with van der Waals surface area (Å²) < 4.78 is 0. The third kappa shape index (κ3) is 5.75. The lowest BCUT2D eigenvalue weighted by Crippen LogP contribution is -2.20. The van der Waals surface area contributed by atoms with E-state index in [0.29, 0.717) is 5.92 Å². The van der Waals surface area contributed by atoms with Gasteiger partial charge in [-0.3, -0.25) is 0 Å². The summed E-state index contributed by atoms with van der Waals surface area (Å²) in [6.07, 6.45) is 20.7. The van der Waals surface area contributed by atoms with Crippen molar-refractivity contribution >= 4 is 6.29 Å². The van der Waals surface area contributed by atoms with Gasteiger partial charge in [0.2, 0.25) is 0 Å². The molecule has 0 heterocycles. The van der Waals surface area contributed by atoms with E-state index in [1.165, 1.54) is 89.8 Å². The van der Waals surface area contributed by atoms with Gasteiger partial charge in [0.25, 0.3) is 0 Å². The van der Waals surface area contributed by atoms with Gasteiger partial charge in [-0.15, -0.1) is 0 Å². The largest absolute Gasteiger partial charge is 0.303 e. The van der Waals surface area contributed by atoms with Crippen LogP contribution in [0.1, 0.15) is 96.8 Å². The molecule has 2 aliphatic rings. The molecule has 2 aliphatic carbocycles. The standard InChI is InChI=1S/C20H36O/c1-2-17-10-8-11-18(15-17)9-4-3-5-12-19-13-6-7-14-20(19)16-21/h16-20H,2-15H2,1H3. The van der Waals surface area contributed by atoms with Crippen LogP contribution in [-0.4, -0.2) is 6.29 Å². The second-order valence-corrected chi connectivity index (χ2v) is 7.79. The maximum Gasteiger partial charge on any atom is 0.123 e. The first kappa shape index (κ1) is 17.0. The molecule has 0 radical (unpaired) electrons. The molecule has 0 amide bonds. The quantitative estimate of drug-likeness (QED) is 0.387. The maximum atomic E-state index is 11.1. The van der Waals surface area contributed by atoms with E-state index in [1.807, 2.05) is 0 Å². The Kier molecular flexibility index (Phi) is 7.82. The number of carbonyl (C=O) groups excluding carboxylic acids is 1. The van der Waals surface area contributed by atoms with Crippen molar-refractivity contribution in [2.24, 2.45) is 23.7 Å². The molecule has 4 atom stereocenters. The Morgan fingerprint density at radius 2 is 1.62 bits per heavy atom. The highest BCUT2D eigenvalue weighted by atomic mass is 16.1. The SMILES string of the molecule is CCC1CCCC(CCCCCC2CCCCC2C=O)C1. The number of hydrogen-bond acceptors (Lipinski definition) is 1. The zero-order valence-electron chi connectivity index (χ0n) is 14.2. The van der Waals surface area contributed by atoms with Gasteiger partial charge in [0, 0.05) is 5.92 Å². The Morgan fingerprint density at radius 3 is 2.43 bits per heavy atom. The average molecular weight is 293 g/mol. The number of unbranched alkanes of at least 4 members (excludes halogenated alkanes) is 2. The van der Waals surface area contributed by atoms with Gasteiger partial charge in [0.1, 0.15) is 6.29 Å². The Bertz CT molecular complexity index is 286. The Hall–Kier alpha value is -0.330. The van der Waals surface area contributed by atoms with Crippen molar-refractivity contribution in [2.75, 3.05) is 0 Å². The first-order valence-electron chi connectivity index (χ1n) is 9.78. The summed E-state index contributed by atoms with van der Waals surface area (Å²) in [5.41, 5.74) is 0. The van der Waals surface area contributed by atoms with Crippen LogP contribution in [-0.2, 0) is 4.79 Å². The summed E-state index contributed by atoms with van der Waals surface area (Å²) in [7, 11) is 0. The van der Waals surface area contributed by atoms with Crippen LogP contribution in [0.2, 0.25) is 0 Å². The van der Waals surface area contributed by atoms with Crippen molar-refractivity contribution in [1.29, 1.82) is 0 Å². The molecule has 0 aliphatic heterocycles. The van der Waals surface area contributed by atoms with Crippen LogP contribution in [0.5, 0.6) is 0 Å². The van der Waals surface area contributed by atoms with E-state index in [9.17, 15) is 4.79 Å². The van der Waals surface area contributed by atoms with Crippen molar-refractivity contribution < 1.29 is 4.79 Å². The van der Waals surface area contributed by atoms with Gasteiger partial charge in [-0.2, -0.15) is 0 Å². The van der Waals surface area contributed by atoms with Gasteiger partial charge in [0.15, 0.2) is 0 Å². The van der Waals surface area contributed by atoms with E-state index < -0.39 is 0 Å². The number of carbonyl (C=O) groups is 1. The molecule has 122 valence electrons. The van der Waals surface area contributed by atoms with E-state index in [0.717, 1.165) is 24.2 Å². The van der Waals surface area contributed by atoms with E-state index in [1.54, 1.807) is 0 Å². The third-order valence-electron chi connectivity index (χ3n) is 6.30. The molecule has 0 aromatic carbocycles. The van der Waals surface area contributed by atoms with Crippen LogP contribution < -0.4 is 0 Å². The lowest BCUT2D eigenvalue weighted by Gasteiger charge is -2.29. The molecule has 4 unspecified atom stereocenters. The molecule has 0 spiro atoms. The van der Waals surface area contributed by atoms with Crippen molar-refractivity contribution in [3.63, 3.8) is 0 Å². The van der Waals surface area contributed by atoms with Crippen molar-refractivity contribution in [3.8, 4) is 0 Å². The van der Waals surface area contributed by atoms with Crippen LogP contribution in [0.25, 0.3) is 0 Å². The van der Waals surface area contributed by atoms with E-state index in [2.05, 4.69) is 6.92 Å². The molecule has 21 heavy (non-hydrogen) atoms. The van der Waals surface area contributed by atoms with Crippen LogP contribution in [0.3, 0.4) is 0 Å². The van der Waals surface area contributed by atoms with Gasteiger partial charge in [-0.1, -0.05) is 71.1 Å². The molecule has 0 N–H and O–H groups in total. The normalized spacial score (nSPS) is 33.8. The molecule has 0 saturated heterocycles. The molecular formula is C20H36O. The summed E-state index contributed by atoms with van der Waals surface area (Å²) in [5.74, 6) is 3.17. The predicted octanol–water partition coefficient (Wildman–Crippen LogP) is 6.16. The smallest absolute Gasteiger partial charge is 0.123 e. The van der Waals surface area contributed by atoms with Crippen molar-refractivity contribution in [1.82, 2.24) is 0 Å². The zero-order chi connectivity index (χ0) is 14.9. The number of aldehydes is 1. The topological polar surface area (TPSA) is 17.1 Å². The van der Waals surface area contributed by atoms with E-state index in [-0.39, 0.29) is 0 Å². The zero-order valence-corrected chi connectivity index (χ0v) is 14.2. The second kappa shape index (κ2) is 9.64. The summed E-state index contributed by atoms with van der Waals surface area (Å²) in [6.45, 7) is 2.36. The minimum absolute atomic E-state index is 0.391. The molecule has 1 heteroatoms. The molecule has 1 nitrogen and oxygen atoms in total. The highest BCUT2D eigenvalue weighted by Gasteiger charge is 2.24. The van der Waals surface area contributed by atoms with Crippen LogP contribution in [0.4, 0.5) is 0 Å². The molecule has 0 aromatic rings. The summed E-state index contributed by atoms with van der Waals surface area (Å²) in [6, 6.07) is 0. The first-order valence-corrected chi connectivity index (χ1v) is 9.78. The summed E-state index contributed by atoms with van der Waals surface area (Å²) in [5, 5.41) is 0. The molecule has 0 aromatic heterocycles. The number of rotatable bonds is 8. The fourth-order valence-corrected chi connectivity index (χ4v) is 4.83. The number of hydrogen-bond donors (Lipinski definition) is 0. The first-order chi connectivity index (χ1) is 10.3. The Balaban J connectivity index is 1.54. The highest BCUT2D eigenvalue weighted by Crippen LogP contribution is 2.35. The van der Waals surface area contributed by atoms with Crippen LogP contribution >= 0.6 is 0 Å². The second-order valence-electron chi connectivity index (χ2n) is 7.79. The lowest BCUT2D eigenvalue weighted by molar-refractivity contribution is -0.113. The molecule has 2 rings (SSSR count). The monoisotopic (exact) mass is 292 g/mol. The van der Waals surface area contributed by atoms with E-state index in [4.69, 9.17) is 0 Å². The molecule has 2 fully saturated rings. The highest BCUT2D eigenvalue weighted by molar-refractivity contribution is 5.54. The maximum absolute atomic E-state index is 11.1. The van der Waals surface area contributed by atoms with Crippen LogP contribution in [0, 0.1) is 23.7 Å². The lowest BCUT2D eigenvalue weighted by atomic mass is 9.76. The van der Waals surface area contributed by atoms with Crippen molar-refractivity contribution in [2.45, 2.75) is 96.8 Å². The van der Waals surface area contributed by atoms with E-state index >= 15 is 0 Å². The fourth-order valence-electron chi connectivity index (χ4n) is 4.83. The Morgan fingerprint density at radius 1 is 0.857 bits per heavy atom. The minimum atomic E-state index is 0.391. The van der Waals surface area contributed by atoms with Gasteiger partial charge >= 0.3 is 0 Å². The van der Waals surface area contributed by atoms with Crippen molar-refractivity contribution in [3.05, 3.63) is 0 Å². The van der Waals surface area contributed by atoms with Crippen LogP contribution in [0.15, 0.2) is 0 Å². The fraction of sp³-hybridized carbons (Fsp3) is 0.950. The predicted molar refractivity (Wildman–Crippen MR) is 90.3 cm³/mol. The van der Waals surface area contributed by atoms with Gasteiger partial charge < -0.3 is 4.79 Å². The summed E-state index contributed by atoms with van der Waals surface area (Å²) >= 11 is 0. The van der Waals surface area contributed by atoms with Gasteiger partial charge in [0.05, 0.1) is 0 Å². The molecule has 2 saturated carbocycles. The van der Waals surface area contributed by atoms with Gasteiger partial charge in [-0.05, 0) is 43.4 Å². The summed E-state index contributed by atoms with van der Waals surface area (Å²) in [4.78, 5) is 11.1.